The normalized spacial score (nSPS) is 10.2. The Bertz CT molecular complexity index is 581. The number of nitrogens with two attached hydrogens (primary N) is 1. The fraction of sp³-hybridized carbons (Fsp3) is 0.267. The molecule has 0 saturated heterocycles. The lowest BCUT2D eigenvalue weighted by molar-refractivity contribution is -0.121. The third-order valence-electron chi connectivity index (χ3n) is 2.98. The Morgan fingerprint density at radius 1 is 1.25 bits per heavy atom. The predicted molar refractivity (Wildman–Crippen MR) is 77.8 cm³/mol. The number of anilines is 1. The molecule has 0 bridgehead atoms. The zero-order valence-electron chi connectivity index (χ0n) is 11.5. The second-order valence-electron chi connectivity index (χ2n) is 4.62. The summed E-state index contributed by atoms with van der Waals surface area (Å²) in [5.41, 5.74) is 9.17. The van der Waals surface area contributed by atoms with E-state index in [2.05, 4.69) is 15.3 Å². The minimum atomic E-state index is -0.0179. The van der Waals surface area contributed by atoms with Gasteiger partial charge in [0, 0.05) is 18.3 Å². The van der Waals surface area contributed by atoms with Crippen LogP contribution in [0.4, 0.5) is 5.69 Å². The smallest absolute Gasteiger partial charge is 0.220 e. The van der Waals surface area contributed by atoms with Crippen LogP contribution in [-0.4, -0.2) is 15.9 Å². The molecule has 0 aliphatic heterocycles. The summed E-state index contributed by atoms with van der Waals surface area (Å²) in [5, 5.41) is 2.83. The summed E-state index contributed by atoms with van der Waals surface area (Å²) in [7, 11) is 0. The predicted octanol–water partition coefficient (Wildman–Crippen LogP) is 1.62. The highest BCUT2D eigenvalue weighted by molar-refractivity contribution is 5.76. The molecule has 104 valence electrons. The van der Waals surface area contributed by atoms with Gasteiger partial charge in [-0.25, -0.2) is 0 Å². The van der Waals surface area contributed by atoms with Gasteiger partial charge in [-0.15, -0.1) is 0 Å². The molecule has 1 amide bonds. The first kappa shape index (κ1) is 14.0. The molecule has 20 heavy (non-hydrogen) atoms. The largest absolute Gasteiger partial charge is 0.399 e. The quantitative estimate of drug-likeness (QED) is 0.809. The van der Waals surface area contributed by atoms with E-state index in [0.29, 0.717) is 19.4 Å². The van der Waals surface area contributed by atoms with Crippen LogP contribution < -0.4 is 11.1 Å². The fourth-order valence-corrected chi connectivity index (χ4v) is 1.80. The van der Waals surface area contributed by atoms with Crippen molar-refractivity contribution in [3.05, 3.63) is 53.6 Å². The van der Waals surface area contributed by atoms with Gasteiger partial charge >= 0.3 is 0 Å². The first-order valence-electron chi connectivity index (χ1n) is 6.53. The van der Waals surface area contributed by atoms with Crippen molar-refractivity contribution >= 4 is 11.6 Å². The number of nitrogen functional groups attached to an aromatic ring is 1. The van der Waals surface area contributed by atoms with Crippen molar-refractivity contribution in [2.24, 2.45) is 0 Å². The minimum absolute atomic E-state index is 0.0179. The van der Waals surface area contributed by atoms with E-state index in [4.69, 9.17) is 5.73 Å². The lowest BCUT2D eigenvalue weighted by atomic mass is 10.1. The van der Waals surface area contributed by atoms with E-state index in [0.717, 1.165) is 22.6 Å². The zero-order valence-corrected chi connectivity index (χ0v) is 11.5. The number of nitrogens with zero attached hydrogens (tertiary/aromatic N) is 2. The van der Waals surface area contributed by atoms with E-state index in [1.54, 1.807) is 12.4 Å². The fourth-order valence-electron chi connectivity index (χ4n) is 1.80. The summed E-state index contributed by atoms with van der Waals surface area (Å²) < 4.78 is 0. The second kappa shape index (κ2) is 6.65. The summed E-state index contributed by atoms with van der Waals surface area (Å²) in [6, 6.07) is 7.59. The number of hydrogen-bond acceptors (Lipinski definition) is 4. The van der Waals surface area contributed by atoms with Crippen LogP contribution in [0, 0.1) is 6.92 Å². The monoisotopic (exact) mass is 270 g/mol. The van der Waals surface area contributed by atoms with Crippen molar-refractivity contribution in [1.82, 2.24) is 15.3 Å². The number of carbonyl (C=O) groups excluding carboxylic acids is 1. The molecule has 0 saturated carbocycles. The van der Waals surface area contributed by atoms with Gasteiger partial charge in [-0.05, 0) is 25.0 Å². The summed E-state index contributed by atoms with van der Waals surface area (Å²) in [6.45, 7) is 2.27. The molecule has 0 radical (unpaired) electrons. The van der Waals surface area contributed by atoms with Gasteiger partial charge in [0.25, 0.3) is 0 Å². The third-order valence-corrected chi connectivity index (χ3v) is 2.98. The van der Waals surface area contributed by atoms with Crippen molar-refractivity contribution in [1.29, 1.82) is 0 Å². The molecule has 0 spiro atoms. The molecule has 1 heterocycles. The number of para-hydroxylation sites is 1. The van der Waals surface area contributed by atoms with Crippen LogP contribution in [0.3, 0.4) is 0 Å². The standard InChI is InChI=1S/C15H18N4O/c1-11-8-18-13(9-17-11)10-19-15(20)7-6-12-4-2-3-5-14(12)16/h2-5,8-9H,6-7,10,16H2,1H3,(H,19,20). The Balaban J connectivity index is 1.78. The molecule has 0 unspecified atom stereocenters. The van der Waals surface area contributed by atoms with Crippen molar-refractivity contribution in [3.8, 4) is 0 Å². The van der Waals surface area contributed by atoms with Crippen LogP contribution in [0.2, 0.25) is 0 Å². The van der Waals surface area contributed by atoms with E-state index in [1.165, 1.54) is 0 Å². The number of aromatic nitrogens is 2. The molecular weight excluding hydrogens is 252 g/mol. The lowest BCUT2D eigenvalue weighted by Gasteiger charge is -2.06. The van der Waals surface area contributed by atoms with Gasteiger partial charge in [0.05, 0.1) is 24.1 Å². The van der Waals surface area contributed by atoms with Crippen LogP contribution in [0.15, 0.2) is 36.7 Å². The lowest BCUT2D eigenvalue weighted by Crippen LogP contribution is -2.23. The highest BCUT2D eigenvalue weighted by Gasteiger charge is 2.05. The molecule has 0 aliphatic rings. The number of hydrogen-bond donors (Lipinski definition) is 2. The van der Waals surface area contributed by atoms with E-state index in [-0.39, 0.29) is 5.91 Å². The van der Waals surface area contributed by atoms with Gasteiger partial charge in [-0.1, -0.05) is 18.2 Å². The second-order valence-corrected chi connectivity index (χ2v) is 4.62. The SMILES string of the molecule is Cc1cnc(CNC(=O)CCc2ccccc2N)cn1. The highest BCUT2D eigenvalue weighted by Crippen LogP contribution is 2.12. The first-order chi connectivity index (χ1) is 9.65. The minimum Gasteiger partial charge on any atom is -0.399 e. The summed E-state index contributed by atoms with van der Waals surface area (Å²) >= 11 is 0. The van der Waals surface area contributed by atoms with Crippen LogP contribution in [0.1, 0.15) is 23.4 Å². The Kier molecular flexibility index (Phi) is 4.65. The maximum atomic E-state index is 11.8. The van der Waals surface area contributed by atoms with E-state index in [9.17, 15) is 4.79 Å². The van der Waals surface area contributed by atoms with Gasteiger partial charge in [-0.3, -0.25) is 14.8 Å². The number of aryl methyl sites for hydroxylation is 2. The molecule has 5 nitrogen and oxygen atoms in total. The molecule has 2 aromatic rings. The number of carbonyl (C=O) groups is 1. The van der Waals surface area contributed by atoms with Crippen molar-refractivity contribution in [2.75, 3.05) is 5.73 Å². The van der Waals surface area contributed by atoms with E-state index >= 15 is 0 Å². The van der Waals surface area contributed by atoms with Crippen molar-refractivity contribution < 1.29 is 4.79 Å². The Hall–Kier alpha value is -2.43. The topological polar surface area (TPSA) is 80.9 Å². The Morgan fingerprint density at radius 3 is 2.75 bits per heavy atom. The maximum Gasteiger partial charge on any atom is 0.220 e. The highest BCUT2D eigenvalue weighted by atomic mass is 16.1. The third kappa shape index (κ3) is 4.05. The first-order valence-corrected chi connectivity index (χ1v) is 6.53. The Labute approximate surface area is 118 Å². The average molecular weight is 270 g/mol. The molecule has 1 aromatic carbocycles. The average Bonchev–Trinajstić information content (AvgIpc) is 2.46. The van der Waals surface area contributed by atoms with Crippen LogP contribution in [-0.2, 0) is 17.8 Å². The molecule has 3 N–H and O–H groups in total. The number of rotatable bonds is 5. The van der Waals surface area contributed by atoms with Crippen molar-refractivity contribution in [2.45, 2.75) is 26.3 Å². The van der Waals surface area contributed by atoms with Gasteiger partial charge in [0.1, 0.15) is 0 Å². The Morgan fingerprint density at radius 2 is 2.05 bits per heavy atom. The van der Waals surface area contributed by atoms with Gasteiger partial charge in [0.2, 0.25) is 5.91 Å². The zero-order chi connectivity index (χ0) is 14.4. The van der Waals surface area contributed by atoms with E-state index < -0.39 is 0 Å². The van der Waals surface area contributed by atoms with Gasteiger partial charge in [-0.2, -0.15) is 0 Å². The van der Waals surface area contributed by atoms with E-state index in [1.807, 2.05) is 31.2 Å². The summed E-state index contributed by atoms with van der Waals surface area (Å²) in [5.74, 6) is -0.0179. The molecular formula is C15H18N4O. The van der Waals surface area contributed by atoms with Gasteiger partial charge in [0.15, 0.2) is 0 Å². The van der Waals surface area contributed by atoms with Crippen molar-refractivity contribution in [3.63, 3.8) is 0 Å². The van der Waals surface area contributed by atoms with Gasteiger partial charge < -0.3 is 11.1 Å². The number of benzene rings is 1. The van der Waals surface area contributed by atoms with Crippen LogP contribution in [0.5, 0.6) is 0 Å². The number of amides is 1. The number of nitrogens with one attached hydrogen (secondary N) is 1. The van der Waals surface area contributed by atoms with Crippen LogP contribution in [0.25, 0.3) is 0 Å². The molecule has 0 fully saturated rings. The van der Waals surface area contributed by atoms with Crippen LogP contribution >= 0.6 is 0 Å². The molecule has 1 aromatic heterocycles. The maximum absolute atomic E-state index is 11.8. The summed E-state index contributed by atoms with van der Waals surface area (Å²) in [6.07, 6.45) is 4.41. The molecule has 5 heteroatoms. The molecule has 0 aliphatic carbocycles. The molecule has 2 rings (SSSR count). The summed E-state index contributed by atoms with van der Waals surface area (Å²) in [4.78, 5) is 20.1. The molecule has 0 atom stereocenters.